The Labute approximate surface area is 186 Å². The van der Waals surface area contributed by atoms with Gasteiger partial charge in [-0.25, -0.2) is 0 Å². The average Bonchev–Trinajstić information content (AvgIpc) is 2.78. The first-order valence-corrected chi connectivity index (χ1v) is 10.6. The normalized spacial score (nSPS) is 10.3. The van der Waals surface area contributed by atoms with Crippen LogP contribution in [0, 0.1) is 6.92 Å². The van der Waals surface area contributed by atoms with Crippen LogP contribution in [-0.2, 0) is 4.79 Å². The second-order valence-electron chi connectivity index (χ2n) is 6.75. The maximum atomic E-state index is 12.5. The minimum atomic E-state index is -0.251. The number of rotatable bonds is 8. The number of ether oxygens (including phenoxy) is 2. The summed E-state index contributed by atoms with van der Waals surface area (Å²) in [7, 11) is 3.07. The minimum absolute atomic E-state index is 0.0681. The fourth-order valence-electron chi connectivity index (χ4n) is 2.88. The van der Waals surface area contributed by atoms with Crippen LogP contribution in [0.3, 0.4) is 0 Å². The Morgan fingerprint density at radius 2 is 1.58 bits per heavy atom. The summed E-state index contributed by atoms with van der Waals surface area (Å²) in [5, 5.41) is 5.74. The molecule has 31 heavy (non-hydrogen) atoms. The van der Waals surface area contributed by atoms with Crippen LogP contribution in [0.1, 0.15) is 15.9 Å². The van der Waals surface area contributed by atoms with Crippen molar-refractivity contribution in [3.63, 3.8) is 0 Å². The van der Waals surface area contributed by atoms with Gasteiger partial charge in [-0.3, -0.25) is 9.59 Å². The topological polar surface area (TPSA) is 76.7 Å². The molecule has 0 aromatic heterocycles. The highest BCUT2D eigenvalue weighted by molar-refractivity contribution is 8.00. The van der Waals surface area contributed by atoms with E-state index in [9.17, 15) is 9.59 Å². The van der Waals surface area contributed by atoms with Crippen LogP contribution in [0.4, 0.5) is 11.4 Å². The van der Waals surface area contributed by atoms with Gasteiger partial charge in [0.05, 0.1) is 20.0 Å². The van der Waals surface area contributed by atoms with Crippen molar-refractivity contribution < 1.29 is 19.1 Å². The molecule has 7 heteroatoms. The second-order valence-corrected chi connectivity index (χ2v) is 7.80. The van der Waals surface area contributed by atoms with E-state index < -0.39 is 0 Å². The van der Waals surface area contributed by atoms with Crippen molar-refractivity contribution >= 4 is 35.0 Å². The molecular formula is C24H24N2O4S. The Morgan fingerprint density at radius 1 is 0.839 bits per heavy atom. The zero-order valence-corrected chi connectivity index (χ0v) is 18.4. The monoisotopic (exact) mass is 436 g/mol. The Morgan fingerprint density at radius 3 is 2.26 bits per heavy atom. The van der Waals surface area contributed by atoms with E-state index in [0.717, 1.165) is 16.1 Å². The molecule has 2 N–H and O–H groups in total. The van der Waals surface area contributed by atoms with Crippen molar-refractivity contribution in [3.05, 3.63) is 77.9 Å². The van der Waals surface area contributed by atoms with Gasteiger partial charge in [-0.2, -0.15) is 0 Å². The predicted octanol–water partition coefficient (Wildman–Crippen LogP) is 5.00. The molecule has 6 nitrogen and oxygen atoms in total. The second kappa shape index (κ2) is 10.5. The number of methoxy groups -OCH3 is 2. The summed E-state index contributed by atoms with van der Waals surface area (Å²) in [4.78, 5) is 25.6. The van der Waals surface area contributed by atoms with Crippen LogP contribution in [0.25, 0.3) is 0 Å². The van der Waals surface area contributed by atoms with E-state index in [-0.39, 0.29) is 11.8 Å². The molecule has 0 heterocycles. The number of benzene rings is 3. The third-order valence-electron chi connectivity index (χ3n) is 4.43. The van der Waals surface area contributed by atoms with Crippen molar-refractivity contribution in [1.29, 1.82) is 0 Å². The molecule has 2 amide bonds. The molecule has 0 aliphatic carbocycles. The van der Waals surface area contributed by atoms with Crippen LogP contribution in [0.2, 0.25) is 0 Å². The van der Waals surface area contributed by atoms with E-state index in [1.807, 2.05) is 43.3 Å². The molecule has 0 aliphatic heterocycles. The molecule has 0 bridgehead atoms. The number of amides is 2. The lowest BCUT2D eigenvalue weighted by Crippen LogP contribution is -2.14. The van der Waals surface area contributed by atoms with Gasteiger partial charge in [0.1, 0.15) is 0 Å². The number of hydrogen-bond acceptors (Lipinski definition) is 5. The van der Waals surface area contributed by atoms with E-state index >= 15 is 0 Å². The molecule has 0 fully saturated rings. The zero-order valence-electron chi connectivity index (χ0n) is 17.6. The molecule has 0 unspecified atom stereocenters. The Kier molecular flexibility index (Phi) is 7.56. The fourth-order valence-corrected chi connectivity index (χ4v) is 3.58. The van der Waals surface area contributed by atoms with Gasteiger partial charge in [0.15, 0.2) is 11.5 Å². The quantitative estimate of drug-likeness (QED) is 0.486. The largest absolute Gasteiger partial charge is 0.493 e. The highest BCUT2D eigenvalue weighted by atomic mass is 32.2. The van der Waals surface area contributed by atoms with Gasteiger partial charge in [-0.1, -0.05) is 12.1 Å². The molecule has 0 saturated carbocycles. The molecular weight excluding hydrogens is 412 g/mol. The number of anilines is 2. The SMILES string of the molecule is COc1ccc(C(=O)Nc2ccc(SCC(=O)Nc3cccc(C)c3)cc2)cc1OC. The maximum absolute atomic E-state index is 12.5. The zero-order chi connectivity index (χ0) is 22.2. The van der Waals surface area contributed by atoms with Crippen LogP contribution < -0.4 is 20.1 Å². The predicted molar refractivity (Wildman–Crippen MR) is 124 cm³/mol. The number of carbonyl (C=O) groups is 2. The number of thioether (sulfide) groups is 1. The summed E-state index contributed by atoms with van der Waals surface area (Å²) in [6.45, 7) is 1.98. The van der Waals surface area contributed by atoms with Gasteiger partial charge in [-0.15, -0.1) is 11.8 Å². The maximum Gasteiger partial charge on any atom is 0.255 e. The number of hydrogen-bond donors (Lipinski definition) is 2. The van der Waals surface area contributed by atoms with Gasteiger partial charge in [0.2, 0.25) is 5.91 Å². The van der Waals surface area contributed by atoms with Crippen molar-refractivity contribution in [2.24, 2.45) is 0 Å². The molecule has 0 saturated heterocycles. The van der Waals surface area contributed by atoms with Gasteiger partial charge in [0.25, 0.3) is 5.91 Å². The lowest BCUT2D eigenvalue weighted by atomic mass is 10.2. The first-order valence-electron chi connectivity index (χ1n) is 9.61. The van der Waals surface area contributed by atoms with E-state index in [1.165, 1.54) is 18.9 Å². The number of aryl methyl sites for hydroxylation is 1. The molecule has 0 aliphatic rings. The Balaban J connectivity index is 1.54. The van der Waals surface area contributed by atoms with Crippen LogP contribution in [0.15, 0.2) is 71.6 Å². The highest BCUT2D eigenvalue weighted by Gasteiger charge is 2.11. The van der Waals surface area contributed by atoms with Crippen molar-refractivity contribution in [2.75, 3.05) is 30.6 Å². The Hall–Kier alpha value is -3.45. The van der Waals surface area contributed by atoms with Gasteiger partial charge < -0.3 is 20.1 Å². The van der Waals surface area contributed by atoms with Crippen molar-refractivity contribution in [1.82, 2.24) is 0 Å². The first-order chi connectivity index (χ1) is 15.0. The van der Waals surface area contributed by atoms with Crippen LogP contribution in [0.5, 0.6) is 11.5 Å². The van der Waals surface area contributed by atoms with E-state index in [4.69, 9.17) is 9.47 Å². The summed E-state index contributed by atoms with van der Waals surface area (Å²) in [6, 6.07) is 20.0. The van der Waals surface area contributed by atoms with Gasteiger partial charge >= 0.3 is 0 Å². The summed E-state index contributed by atoms with van der Waals surface area (Å²) < 4.78 is 10.4. The lowest BCUT2D eigenvalue weighted by molar-refractivity contribution is -0.113. The number of nitrogens with one attached hydrogen (secondary N) is 2. The minimum Gasteiger partial charge on any atom is -0.493 e. The summed E-state index contributed by atoms with van der Waals surface area (Å²) >= 11 is 1.43. The Bertz CT molecular complexity index is 1070. The van der Waals surface area contributed by atoms with Crippen LogP contribution >= 0.6 is 11.8 Å². The van der Waals surface area contributed by atoms with Gasteiger partial charge in [0, 0.05) is 21.8 Å². The number of carbonyl (C=O) groups excluding carboxylic acids is 2. The highest BCUT2D eigenvalue weighted by Crippen LogP contribution is 2.28. The summed E-state index contributed by atoms with van der Waals surface area (Å²) in [5.41, 5.74) is 3.01. The van der Waals surface area contributed by atoms with Crippen LogP contribution in [-0.4, -0.2) is 31.8 Å². The molecule has 160 valence electrons. The smallest absolute Gasteiger partial charge is 0.255 e. The molecule has 3 rings (SSSR count). The third-order valence-corrected chi connectivity index (χ3v) is 5.44. The molecule has 3 aromatic carbocycles. The van der Waals surface area contributed by atoms with Crippen molar-refractivity contribution in [2.45, 2.75) is 11.8 Å². The first kappa shape index (κ1) is 22.2. The third kappa shape index (κ3) is 6.26. The molecule has 3 aromatic rings. The molecule has 0 atom stereocenters. The average molecular weight is 437 g/mol. The van der Waals surface area contributed by atoms with Crippen molar-refractivity contribution in [3.8, 4) is 11.5 Å². The lowest BCUT2D eigenvalue weighted by Gasteiger charge is -2.10. The van der Waals surface area contributed by atoms with Gasteiger partial charge in [-0.05, 0) is 67.1 Å². The fraction of sp³-hybridized carbons (Fsp3) is 0.167. The molecule has 0 spiro atoms. The van der Waals surface area contributed by atoms with E-state index in [1.54, 1.807) is 37.4 Å². The molecule has 0 radical (unpaired) electrons. The summed E-state index contributed by atoms with van der Waals surface area (Å²) in [5.74, 6) is 1.03. The summed E-state index contributed by atoms with van der Waals surface area (Å²) in [6.07, 6.45) is 0. The van der Waals surface area contributed by atoms with E-state index in [0.29, 0.717) is 28.5 Å². The van der Waals surface area contributed by atoms with E-state index in [2.05, 4.69) is 10.6 Å². The standard InChI is InChI=1S/C24H24N2O4S/c1-16-5-4-6-19(13-16)25-23(27)15-31-20-10-8-18(9-11-20)26-24(28)17-7-12-21(29-2)22(14-17)30-3/h4-14H,15H2,1-3H3,(H,25,27)(H,26,28).